The van der Waals surface area contributed by atoms with E-state index in [1.54, 1.807) is 0 Å². The van der Waals surface area contributed by atoms with Crippen LogP contribution in [0, 0.1) is 0 Å². The molecule has 0 radical (unpaired) electrons. The number of unbranched alkanes of at least 4 members (excludes halogenated alkanes) is 27. The van der Waals surface area contributed by atoms with Gasteiger partial charge in [-0.3, -0.25) is 14.4 Å². The molecule has 81 heavy (non-hydrogen) atoms. The average Bonchev–Trinajstić information content (AvgIpc) is 3.47. The average molecular weight is 1120 g/mol. The third-order valence-electron chi connectivity index (χ3n) is 14.2. The van der Waals surface area contributed by atoms with Crippen molar-refractivity contribution in [3.8, 4) is 0 Å². The Morgan fingerprint density at radius 2 is 0.481 bits per heavy atom. The Morgan fingerprint density at radius 3 is 0.753 bits per heavy atom. The molecule has 0 amide bonds. The SMILES string of the molecule is CC/C=C\C/C=C\C/C=C\C/C=C\C/C=C\C/C=C\C/C=C\CCCCCCCCCC(=O)OCC(COC(=O)CCCCCCCCCCCCC)OC(=O)CCCCCCCCCCCC/C=C\C/C=C\C/C=C\C/C=C\CC. The molecule has 0 aromatic rings. The van der Waals surface area contributed by atoms with Gasteiger partial charge in [0.2, 0.25) is 0 Å². The fourth-order valence-electron chi connectivity index (χ4n) is 9.18. The highest BCUT2D eigenvalue weighted by Gasteiger charge is 2.19. The summed E-state index contributed by atoms with van der Waals surface area (Å²) < 4.78 is 16.9. The fourth-order valence-corrected chi connectivity index (χ4v) is 9.18. The first-order valence-corrected chi connectivity index (χ1v) is 33.7. The molecule has 0 spiro atoms. The first-order chi connectivity index (χ1) is 40.0. The predicted octanol–water partition coefficient (Wildman–Crippen LogP) is 23.3. The van der Waals surface area contributed by atoms with Gasteiger partial charge in [0, 0.05) is 19.3 Å². The number of esters is 3. The molecular weight excluding hydrogens is 997 g/mol. The molecule has 0 fully saturated rings. The quantitative estimate of drug-likeness (QED) is 0.0261. The van der Waals surface area contributed by atoms with Gasteiger partial charge in [-0.2, -0.15) is 0 Å². The maximum Gasteiger partial charge on any atom is 0.306 e. The minimum absolute atomic E-state index is 0.0837. The molecule has 6 heteroatoms. The number of hydrogen-bond donors (Lipinski definition) is 0. The van der Waals surface area contributed by atoms with Crippen molar-refractivity contribution >= 4 is 17.9 Å². The van der Waals surface area contributed by atoms with Crippen LogP contribution in [0.15, 0.2) is 134 Å². The molecule has 0 aliphatic rings. The summed E-state index contributed by atoms with van der Waals surface area (Å²) >= 11 is 0. The lowest BCUT2D eigenvalue weighted by Crippen LogP contribution is -2.30. The summed E-state index contributed by atoms with van der Waals surface area (Å²) in [5.74, 6) is -0.894. The Morgan fingerprint density at radius 1 is 0.259 bits per heavy atom. The summed E-state index contributed by atoms with van der Waals surface area (Å²) in [7, 11) is 0. The summed E-state index contributed by atoms with van der Waals surface area (Å²) in [6.45, 7) is 6.41. The highest BCUT2D eigenvalue weighted by Crippen LogP contribution is 2.16. The van der Waals surface area contributed by atoms with Gasteiger partial charge in [0.15, 0.2) is 6.10 Å². The Bertz CT molecular complexity index is 1720. The predicted molar refractivity (Wildman–Crippen MR) is 353 cm³/mol. The van der Waals surface area contributed by atoms with E-state index < -0.39 is 6.10 Å². The molecule has 1 atom stereocenters. The van der Waals surface area contributed by atoms with Crippen LogP contribution >= 0.6 is 0 Å². The Balaban J connectivity index is 4.31. The molecule has 0 aromatic carbocycles. The molecule has 0 bridgehead atoms. The Labute approximate surface area is 500 Å². The van der Waals surface area contributed by atoms with Gasteiger partial charge in [-0.25, -0.2) is 0 Å². The van der Waals surface area contributed by atoms with E-state index in [1.165, 1.54) is 128 Å². The zero-order chi connectivity index (χ0) is 58.5. The molecule has 6 nitrogen and oxygen atoms in total. The number of carbonyl (C=O) groups excluding carboxylic acids is 3. The number of hydrogen-bond acceptors (Lipinski definition) is 6. The van der Waals surface area contributed by atoms with Crippen molar-refractivity contribution in [2.75, 3.05) is 13.2 Å². The third kappa shape index (κ3) is 66.2. The van der Waals surface area contributed by atoms with Crippen LogP contribution in [0.5, 0.6) is 0 Å². The van der Waals surface area contributed by atoms with Crippen LogP contribution in [-0.2, 0) is 28.6 Å². The zero-order valence-electron chi connectivity index (χ0n) is 52.8. The van der Waals surface area contributed by atoms with Crippen LogP contribution in [-0.4, -0.2) is 37.2 Å². The molecular formula is C75H124O6. The van der Waals surface area contributed by atoms with E-state index in [0.717, 1.165) is 135 Å². The molecule has 460 valence electrons. The maximum absolute atomic E-state index is 12.9. The second-order valence-corrected chi connectivity index (χ2v) is 22.0. The molecule has 0 aliphatic carbocycles. The monoisotopic (exact) mass is 1120 g/mol. The minimum atomic E-state index is -0.789. The van der Waals surface area contributed by atoms with E-state index in [-0.39, 0.29) is 31.1 Å². The van der Waals surface area contributed by atoms with Gasteiger partial charge >= 0.3 is 17.9 Å². The summed E-state index contributed by atoms with van der Waals surface area (Å²) in [5, 5.41) is 0. The van der Waals surface area contributed by atoms with Gasteiger partial charge in [-0.1, -0.05) is 302 Å². The van der Waals surface area contributed by atoms with Gasteiger partial charge in [0.1, 0.15) is 13.2 Å². The number of allylic oxidation sites excluding steroid dienone is 22. The van der Waals surface area contributed by atoms with Gasteiger partial charge < -0.3 is 14.2 Å². The van der Waals surface area contributed by atoms with Crippen molar-refractivity contribution in [2.24, 2.45) is 0 Å². The second-order valence-electron chi connectivity index (χ2n) is 22.0. The van der Waals surface area contributed by atoms with Crippen LogP contribution < -0.4 is 0 Å². The van der Waals surface area contributed by atoms with Gasteiger partial charge in [-0.05, 0) is 116 Å². The summed E-state index contributed by atoms with van der Waals surface area (Å²) in [5.41, 5.74) is 0. The lowest BCUT2D eigenvalue weighted by Gasteiger charge is -2.18. The van der Waals surface area contributed by atoms with Crippen molar-refractivity contribution in [3.05, 3.63) is 134 Å². The van der Waals surface area contributed by atoms with E-state index in [0.29, 0.717) is 19.3 Å². The molecule has 0 aromatic heterocycles. The van der Waals surface area contributed by atoms with Crippen molar-refractivity contribution in [1.82, 2.24) is 0 Å². The number of carbonyl (C=O) groups is 3. The van der Waals surface area contributed by atoms with Crippen LogP contribution in [0.25, 0.3) is 0 Å². The number of ether oxygens (including phenoxy) is 3. The Hall–Kier alpha value is -4.45. The first-order valence-electron chi connectivity index (χ1n) is 33.7. The smallest absolute Gasteiger partial charge is 0.306 e. The van der Waals surface area contributed by atoms with Crippen molar-refractivity contribution < 1.29 is 28.6 Å². The number of rotatable bonds is 60. The Kier molecular flexibility index (Phi) is 64.3. The lowest BCUT2D eigenvalue weighted by atomic mass is 10.0. The zero-order valence-corrected chi connectivity index (χ0v) is 52.8. The van der Waals surface area contributed by atoms with Crippen molar-refractivity contribution in [2.45, 2.75) is 309 Å². The molecule has 1 unspecified atom stereocenters. The first kappa shape index (κ1) is 76.5. The fraction of sp³-hybridized carbons (Fsp3) is 0.667. The molecule has 0 saturated heterocycles. The summed E-state index contributed by atoms with van der Waals surface area (Å²) in [4.78, 5) is 38.3. The van der Waals surface area contributed by atoms with E-state index >= 15 is 0 Å². The van der Waals surface area contributed by atoms with Crippen LogP contribution in [0.3, 0.4) is 0 Å². The van der Waals surface area contributed by atoms with Gasteiger partial charge in [0.25, 0.3) is 0 Å². The van der Waals surface area contributed by atoms with Gasteiger partial charge in [-0.15, -0.1) is 0 Å². The largest absolute Gasteiger partial charge is 0.462 e. The summed E-state index contributed by atoms with van der Waals surface area (Å²) in [6.07, 6.45) is 96.0. The van der Waals surface area contributed by atoms with Crippen LogP contribution in [0.2, 0.25) is 0 Å². The molecule has 0 N–H and O–H groups in total. The molecule has 0 aliphatic heterocycles. The van der Waals surface area contributed by atoms with Crippen molar-refractivity contribution in [1.29, 1.82) is 0 Å². The van der Waals surface area contributed by atoms with Crippen molar-refractivity contribution in [3.63, 3.8) is 0 Å². The maximum atomic E-state index is 12.9. The van der Waals surface area contributed by atoms with Crippen LogP contribution in [0.4, 0.5) is 0 Å². The normalized spacial score (nSPS) is 13.0. The summed E-state index contributed by atoms with van der Waals surface area (Å²) in [6, 6.07) is 0. The van der Waals surface area contributed by atoms with E-state index in [2.05, 4.69) is 154 Å². The molecule has 0 rings (SSSR count). The highest BCUT2D eigenvalue weighted by atomic mass is 16.6. The standard InChI is InChI=1S/C75H124O6/c1-4-7-10-13-16-19-22-24-26-28-30-32-34-35-36-37-38-39-41-42-44-46-48-50-53-56-59-62-65-68-74(77)80-71-72(70-79-73(76)67-64-61-58-55-52-21-18-15-12-9-6-3)81-75(78)69-66-63-60-57-54-51-49-47-45-43-40-33-31-29-27-25-23-20-17-14-11-8-5-2/h7-8,10-11,16-17,19-20,24-27,30-33,35-36,38-39,42,44,72H,4-6,9,12-15,18,21-23,28-29,34,37,40-41,43,45-71H2,1-3H3/b10-7-,11-8-,19-16-,20-17-,26-24-,27-25-,32-30-,33-31-,36-35-,39-38-,44-42-. The minimum Gasteiger partial charge on any atom is -0.462 e. The molecule has 0 heterocycles. The van der Waals surface area contributed by atoms with E-state index in [9.17, 15) is 14.4 Å². The van der Waals surface area contributed by atoms with E-state index in [4.69, 9.17) is 14.2 Å². The topological polar surface area (TPSA) is 78.9 Å². The van der Waals surface area contributed by atoms with Crippen LogP contribution in [0.1, 0.15) is 303 Å². The van der Waals surface area contributed by atoms with Gasteiger partial charge in [0.05, 0.1) is 0 Å². The molecule has 0 saturated carbocycles. The van der Waals surface area contributed by atoms with E-state index in [1.807, 2.05) is 0 Å². The lowest BCUT2D eigenvalue weighted by molar-refractivity contribution is -0.167. The highest BCUT2D eigenvalue weighted by molar-refractivity contribution is 5.71. The second kappa shape index (κ2) is 68.1. The third-order valence-corrected chi connectivity index (χ3v) is 14.2.